The quantitative estimate of drug-likeness (QED) is 0.149. The van der Waals surface area contributed by atoms with Crippen molar-refractivity contribution in [3.63, 3.8) is 0 Å². The van der Waals surface area contributed by atoms with E-state index < -0.39 is 111 Å². The first-order valence-electron chi connectivity index (χ1n) is 10.6. The average molecular weight is 518 g/mol. The molecule has 0 amide bonds. The zero-order valence-corrected chi connectivity index (χ0v) is 17.9. The number of hydrogen-bond acceptors (Lipinski definition) is 16. The van der Waals surface area contributed by atoms with Crippen LogP contribution in [0.2, 0.25) is 0 Å². The molecule has 3 rings (SSSR count). The fraction of sp³-hybridized carbons (Fsp3) is 0.944. The Balaban J connectivity index is 1.86. The Labute approximate surface area is 196 Å². The molecule has 204 valence electrons. The lowest BCUT2D eigenvalue weighted by Crippen LogP contribution is -2.67. The van der Waals surface area contributed by atoms with E-state index >= 15 is 0 Å². The molecule has 3 aliphatic rings. The Bertz CT molecular complexity index is 707. The van der Waals surface area contributed by atoms with Gasteiger partial charge in [0.1, 0.15) is 67.1 Å². The highest BCUT2D eigenvalue weighted by atomic mass is 16.8. The largest absolute Gasteiger partial charge is 0.479 e. The summed E-state index contributed by atoms with van der Waals surface area (Å²) in [6.45, 7) is -1.64. The third-order valence-corrected chi connectivity index (χ3v) is 6.06. The summed E-state index contributed by atoms with van der Waals surface area (Å²) in [5.41, 5.74) is 0. The molecule has 17 nitrogen and oxygen atoms in total. The number of aliphatic carboxylic acids is 1. The fourth-order valence-corrected chi connectivity index (χ4v) is 4.01. The molecule has 3 fully saturated rings. The summed E-state index contributed by atoms with van der Waals surface area (Å²) in [5, 5.41) is 109. The van der Waals surface area contributed by atoms with E-state index in [0.29, 0.717) is 0 Å². The number of rotatable bonds is 7. The number of carboxylic acids is 1. The van der Waals surface area contributed by atoms with Gasteiger partial charge in [0.25, 0.3) is 0 Å². The van der Waals surface area contributed by atoms with Gasteiger partial charge in [0.2, 0.25) is 0 Å². The predicted molar refractivity (Wildman–Crippen MR) is 102 cm³/mol. The minimum atomic E-state index is -2.18. The first-order chi connectivity index (χ1) is 16.4. The van der Waals surface area contributed by atoms with Crippen LogP contribution in [0.25, 0.3) is 0 Å². The lowest BCUT2D eigenvalue weighted by atomic mass is 9.96. The van der Waals surface area contributed by atoms with E-state index in [2.05, 4.69) is 0 Å². The van der Waals surface area contributed by atoms with Crippen LogP contribution >= 0.6 is 0 Å². The average Bonchev–Trinajstić information content (AvgIpc) is 2.82. The molecule has 0 aliphatic carbocycles. The summed E-state index contributed by atoms with van der Waals surface area (Å²) in [5.74, 6) is -1.73. The Morgan fingerprint density at radius 1 is 0.600 bits per heavy atom. The van der Waals surface area contributed by atoms with E-state index in [1.54, 1.807) is 0 Å². The lowest BCUT2D eigenvalue weighted by molar-refractivity contribution is -0.384. The molecule has 0 aromatic heterocycles. The number of hydrogen-bond donors (Lipinski definition) is 11. The van der Waals surface area contributed by atoms with Crippen molar-refractivity contribution in [1.82, 2.24) is 0 Å². The molecule has 0 spiro atoms. The molecular formula is C18H30O17. The number of aliphatic hydroxyl groups is 10. The third-order valence-electron chi connectivity index (χ3n) is 6.06. The van der Waals surface area contributed by atoms with E-state index in [0.717, 1.165) is 0 Å². The molecule has 0 radical (unpaired) electrons. The predicted octanol–water partition coefficient (Wildman–Crippen LogP) is -7.48. The Morgan fingerprint density at radius 2 is 1.03 bits per heavy atom. The fourth-order valence-electron chi connectivity index (χ4n) is 4.01. The van der Waals surface area contributed by atoms with Crippen LogP contribution in [-0.2, 0) is 28.5 Å². The van der Waals surface area contributed by atoms with Crippen LogP contribution in [-0.4, -0.2) is 167 Å². The van der Waals surface area contributed by atoms with Gasteiger partial charge in [-0.2, -0.15) is 0 Å². The standard InChI is InChI=1S/C18H30O17/c19-1-3-5(21)7(23)9(25)17(31-3)34-12-11(27)13(15(28)29)33-16(30)14(12)35-18-10(26)8(24)6(22)4(2-20)32-18/h3-14,16-27,30H,1-2H2,(H,28,29)/t3-,4-,5+,6+,7+,8+,9-,10-,11+,12+,13+,14-,16-,17+,18+/m1/s1. The maximum absolute atomic E-state index is 11.5. The smallest absolute Gasteiger partial charge is 0.335 e. The lowest BCUT2D eigenvalue weighted by Gasteiger charge is -2.47. The summed E-state index contributed by atoms with van der Waals surface area (Å²) in [6, 6.07) is 0. The van der Waals surface area contributed by atoms with Crippen LogP contribution in [0.5, 0.6) is 0 Å². The van der Waals surface area contributed by atoms with Crippen LogP contribution in [0.4, 0.5) is 0 Å². The molecule has 0 aromatic carbocycles. The molecule has 11 N–H and O–H groups in total. The van der Waals surface area contributed by atoms with Gasteiger partial charge in [0.05, 0.1) is 13.2 Å². The summed E-state index contributed by atoms with van der Waals surface area (Å²) < 4.78 is 26.0. The summed E-state index contributed by atoms with van der Waals surface area (Å²) in [6.07, 6.45) is -28.1. The normalized spacial score (nSPS) is 51.2. The second kappa shape index (κ2) is 11.5. The van der Waals surface area contributed by atoms with Gasteiger partial charge in [-0.15, -0.1) is 0 Å². The molecule has 15 atom stereocenters. The van der Waals surface area contributed by atoms with E-state index in [1.807, 2.05) is 0 Å². The number of aliphatic hydroxyl groups excluding tert-OH is 10. The molecule has 0 unspecified atom stereocenters. The summed E-state index contributed by atoms with van der Waals surface area (Å²) >= 11 is 0. The Hall–Kier alpha value is -1.13. The van der Waals surface area contributed by atoms with Crippen molar-refractivity contribution < 1.29 is 84.7 Å². The van der Waals surface area contributed by atoms with Gasteiger partial charge in [0, 0.05) is 0 Å². The van der Waals surface area contributed by atoms with Crippen LogP contribution in [0.1, 0.15) is 0 Å². The Morgan fingerprint density at radius 3 is 1.43 bits per heavy atom. The van der Waals surface area contributed by atoms with Gasteiger partial charge in [-0.1, -0.05) is 0 Å². The van der Waals surface area contributed by atoms with E-state index in [4.69, 9.17) is 23.7 Å². The summed E-state index contributed by atoms with van der Waals surface area (Å²) in [4.78, 5) is 11.5. The van der Waals surface area contributed by atoms with Gasteiger partial charge in [-0.05, 0) is 0 Å². The second-order valence-corrected chi connectivity index (χ2v) is 8.37. The van der Waals surface area contributed by atoms with E-state index in [9.17, 15) is 61.0 Å². The SMILES string of the molecule is O=C(O)[C@H]1O[C@@H](O)[C@H](O[C@@H]2O[C@H](CO)[C@H](O)[C@H](O)[C@H]2O)[C@@H](O[C@@H]2O[C@H](CO)[C@H](O)[C@H](O)[C@H]2O)[C@@H]1O. The van der Waals surface area contributed by atoms with Gasteiger partial charge in [-0.3, -0.25) is 0 Å². The monoisotopic (exact) mass is 518 g/mol. The summed E-state index contributed by atoms with van der Waals surface area (Å²) in [7, 11) is 0. The first kappa shape index (κ1) is 28.4. The van der Waals surface area contributed by atoms with Gasteiger partial charge in [-0.25, -0.2) is 4.79 Å². The highest BCUT2D eigenvalue weighted by Crippen LogP contribution is 2.32. The van der Waals surface area contributed by atoms with Crippen molar-refractivity contribution in [1.29, 1.82) is 0 Å². The maximum Gasteiger partial charge on any atom is 0.335 e. The van der Waals surface area contributed by atoms with E-state index in [-0.39, 0.29) is 0 Å². The molecular weight excluding hydrogens is 488 g/mol. The minimum Gasteiger partial charge on any atom is -0.479 e. The molecule has 0 aromatic rings. The van der Waals surface area contributed by atoms with Gasteiger partial charge >= 0.3 is 5.97 Å². The Kier molecular flexibility index (Phi) is 9.35. The molecule has 0 bridgehead atoms. The van der Waals surface area contributed by atoms with Crippen LogP contribution in [0.3, 0.4) is 0 Å². The molecule has 3 heterocycles. The topological polar surface area (TPSA) is 286 Å². The maximum atomic E-state index is 11.5. The number of carbonyl (C=O) groups is 1. The minimum absolute atomic E-state index is 0.816. The number of ether oxygens (including phenoxy) is 5. The van der Waals surface area contributed by atoms with Crippen molar-refractivity contribution in [3.05, 3.63) is 0 Å². The molecule has 17 heteroatoms. The van der Waals surface area contributed by atoms with Crippen molar-refractivity contribution in [2.24, 2.45) is 0 Å². The molecule has 3 aliphatic heterocycles. The zero-order chi connectivity index (χ0) is 26.2. The van der Waals surface area contributed by atoms with Crippen molar-refractivity contribution in [3.8, 4) is 0 Å². The number of carboxylic acid groups (broad SMARTS) is 1. The molecule has 0 saturated carbocycles. The second-order valence-electron chi connectivity index (χ2n) is 8.37. The van der Waals surface area contributed by atoms with Gasteiger partial charge < -0.3 is 79.9 Å². The zero-order valence-electron chi connectivity index (χ0n) is 17.9. The molecule has 3 saturated heterocycles. The van der Waals surface area contributed by atoms with E-state index in [1.165, 1.54) is 0 Å². The van der Waals surface area contributed by atoms with Crippen molar-refractivity contribution >= 4 is 5.97 Å². The van der Waals surface area contributed by atoms with Crippen molar-refractivity contribution in [2.75, 3.05) is 13.2 Å². The van der Waals surface area contributed by atoms with Crippen LogP contribution < -0.4 is 0 Å². The highest BCUT2D eigenvalue weighted by Gasteiger charge is 2.55. The third kappa shape index (κ3) is 5.59. The molecule has 35 heavy (non-hydrogen) atoms. The van der Waals surface area contributed by atoms with Gasteiger partial charge in [0.15, 0.2) is 25.0 Å². The van der Waals surface area contributed by atoms with Crippen LogP contribution in [0, 0.1) is 0 Å². The van der Waals surface area contributed by atoms with Crippen LogP contribution in [0.15, 0.2) is 0 Å². The highest BCUT2D eigenvalue weighted by molar-refractivity contribution is 5.73. The first-order valence-corrected chi connectivity index (χ1v) is 10.6. The van der Waals surface area contributed by atoms with Crippen molar-refractivity contribution in [2.45, 2.75) is 92.1 Å².